The van der Waals surface area contributed by atoms with E-state index in [2.05, 4.69) is 4.98 Å². The van der Waals surface area contributed by atoms with Crippen LogP contribution in [0.4, 0.5) is 0 Å². The van der Waals surface area contributed by atoms with Gasteiger partial charge in [0.25, 0.3) is 0 Å². The number of nitrogens with two attached hydrogens (primary N) is 1. The van der Waals surface area contributed by atoms with Gasteiger partial charge in [0, 0.05) is 12.5 Å². The predicted molar refractivity (Wildman–Crippen MR) is 51.0 cm³/mol. The fraction of sp³-hybridized carbons (Fsp3) is 0.333. The normalized spacial score (nSPS) is 9.62. The van der Waals surface area contributed by atoms with Crippen LogP contribution in [0.5, 0.6) is 5.88 Å². The molecule has 0 saturated heterocycles. The number of amidine groups is 1. The Kier molecular flexibility index (Phi) is 3.25. The second-order valence-electron chi connectivity index (χ2n) is 2.60. The van der Waals surface area contributed by atoms with Crippen LogP contribution in [-0.4, -0.2) is 17.4 Å². The average molecular weight is 179 g/mol. The number of nitrogens with zero attached hydrogens (tertiary/aromatic N) is 1. The molecule has 0 amide bonds. The van der Waals surface area contributed by atoms with E-state index in [1.54, 1.807) is 6.07 Å². The first-order valence-electron chi connectivity index (χ1n) is 4.14. The molecule has 4 nitrogen and oxygen atoms in total. The van der Waals surface area contributed by atoms with Crippen LogP contribution in [0, 0.1) is 5.41 Å². The molecule has 4 heteroatoms. The van der Waals surface area contributed by atoms with Gasteiger partial charge >= 0.3 is 0 Å². The minimum Gasteiger partial charge on any atom is -0.478 e. The summed E-state index contributed by atoms with van der Waals surface area (Å²) in [7, 11) is 0. The van der Waals surface area contributed by atoms with Crippen LogP contribution < -0.4 is 10.5 Å². The molecular weight excluding hydrogens is 166 g/mol. The first-order chi connectivity index (χ1) is 6.22. The van der Waals surface area contributed by atoms with E-state index < -0.39 is 0 Å². The average Bonchev–Trinajstić information content (AvgIpc) is 2.04. The Hall–Kier alpha value is -1.58. The van der Waals surface area contributed by atoms with Crippen molar-refractivity contribution in [2.75, 3.05) is 6.61 Å². The van der Waals surface area contributed by atoms with Crippen LogP contribution in [0.15, 0.2) is 18.2 Å². The quantitative estimate of drug-likeness (QED) is 0.534. The third kappa shape index (κ3) is 3.11. The molecule has 0 spiro atoms. The minimum absolute atomic E-state index is 0.112. The first-order valence-corrected chi connectivity index (χ1v) is 4.14. The molecule has 13 heavy (non-hydrogen) atoms. The summed E-state index contributed by atoms with van der Waals surface area (Å²) in [6, 6.07) is 5.45. The lowest BCUT2D eigenvalue weighted by atomic mass is 10.2. The molecule has 0 aliphatic rings. The Morgan fingerprint density at radius 2 is 2.38 bits per heavy atom. The molecule has 0 saturated carbocycles. The highest BCUT2D eigenvalue weighted by molar-refractivity contribution is 5.78. The van der Waals surface area contributed by atoms with Crippen molar-refractivity contribution in [1.29, 1.82) is 5.41 Å². The van der Waals surface area contributed by atoms with Gasteiger partial charge in [0.1, 0.15) is 0 Å². The Labute approximate surface area is 77.2 Å². The fourth-order valence-corrected chi connectivity index (χ4v) is 0.979. The van der Waals surface area contributed by atoms with Crippen molar-refractivity contribution in [2.45, 2.75) is 13.3 Å². The molecule has 1 aromatic rings. The van der Waals surface area contributed by atoms with Crippen LogP contribution in [-0.2, 0) is 6.42 Å². The maximum Gasteiger partial charge on any atom is 0.213 e. The van der Waals surface area contributed by atoms with E-state index in [-0.39, 0.29) is 5.84 Å². The highest BCUT2D eigenvalue weighted by Crippen LogP contribution is 2.07. The second kappa shape index (κ2) is 4.45. The molecule has 0 aromatic carbocycles. The zero-order chi connectivity index (χ0) is 9.68. The highest BCUT2D eigenvalue weighted by atomic mass is 16.5. The van der Waals surface area contributed by atoms with E-state index in [0.29, 0.717) is 18.9 Å². The summed E-state index contributed by atoms with van der Waals surface area (Å²) in [5.41, 5.74) is 6.01. The number of nitrogens with one attached hydrogen (secondary N) is 1. The second-order valence-corrected chi connectivity index (χ2v) is 2.60. The van der Waals surface area contributed by atoms with Gasteiger partial charge < -0.3 is 10.5 Å². The number of rotatable bonds is 4. The molecule has 0 bridgehead atoms. The molecule has 0 aliphatic carbocycles. The van der Waals surface area contributed by atoms with Crippen LogP contribution in [0.1, 0.15) is 12.6 Å². The van der Waals surface area contributed by atoms with Crippen LogP contribution in [0.2, 0.25) is 0 Å². The molecule has 0 radical (unpaired) electrons. The summed E-state index contributed by atoms with van der Waals surface area (Å²) in [5.74, 6) is 0.697. The number of hydrogen-bond donors (Lipinski definition) is 2. The van der Waals surface area contributed by atoms with Crippen molar-refractivity contribution in [2.24, 2.45) is 5.73 Å². The highest BCUT2D eigenvalue weighted by Gasteiger charge is 1.98. The fourth-order valence-electron chi connectivity index (χ4n) is 0.979. The molecule has 1 aromatic heterocycles. The summed E-state index contributed by atoms with van der Waals surface area (Å²) >= 11 is 0. The summed E-state index contributed by atoms with van der Waals surface area (Å²) < 4.78 is 5.21. The SMILES string of the molecule is CCOc1cccc(CC(=N)N)n1. The Bertz CT molecular complexity index is 299. The minimum atomic E-state index is 0.112. The zero-order valence-electron chi connectivity index (χ0n) is 7.58. The molecular formula is C9H13N3O. The van der Waals surface area contributed by atoms with Crippen LogP contribution in [0.25, 0.3) is 0 Å². The molecule has 0 unspecified atom stereocenters. The maximum absolute atomic E-state index is 7.10. The van der Waals surface area contributed by atoms with Crippen molar-refractivity contribution in [3.63, 3.8) is 0 Å². The van der Waals surface area contributed by atoms with Gasteiger partial charge in [0.05, 0.1) is 18.1 Å². The summed E-state index contributed by atoms with van der Waals surface area (Å²) in [4.78, 5) is 4.16. The van der Waals surface area contributed by atoms with Crippen molar-refractivity contribution >= 4 is 5.84 Å². The third-order valence-electron chi connectivity index (χ3n) is 1.45. The smallest absolute Gasteiger partial charge is 0.213 e. The monoisotopic (exact) mass is 179 g/mol. The van der Waals surface area contributed by atoms with E-state index in [4.69, 9.17) is 15.9 Å². The predicted octanol–water partition coefficient (Wildman–Crippen LogP) is 0.959. The number of aromatic nitrogens is 1. The standard InChI is InChI=1S/C9H13N3O/c1-2-13-9-5-3-4-7(12-9)6-8(10)11/h3-5H,2,6H2,1H3,(H3,10,11). The molecule has 0 aliphatic heterocycles. The van der Waals surface area contributed by atoms with E-state index in [9.17, 15) is 0 Å². The lowest BCUT2D eigenvalue weighted by molar-refractivity contribution is 0.326. The summed E-state index contributed by atoms with van der Waals surface area (Å²) in [6.07, 6.45) is 0.376. The van der Waals surface area contributed by atoms with E-state index in [0.717, 1.165) is 5.69 Å². The number of pyridine rings is 1. The molecule has 1 heterocycles. The van der Waals surface area contributed by atoms with Gasteiger partial charge in [0.2, 0.25) is 5.88 Å². The van der Waals surface area contributed by atoms with Gasteiger partial charge in [-0.15, -0.1) is 0 Å². The van der Waals surface area contributed by atoms with Crippen molar-refractivity contribution < 1.29 is 4.74 Å². The van der Waals surface area contributed by atoms with Gasteiger partial charge in [-0.3, -0.25) is 5.41 Å². The van der Waals surface area contributed by atoms with Crippen molar-refractivity contribution in [1.82, 2.24) is 4.98 Å². The molecule has 70 valence electrons. The molecule has 3 N–H and O–H groups in total. The largest absolute Gasteiger partial charge is 0.478 e. The van der Waals surface area contributed by atoms with E-state index in [1.165, 1.54) is 0 Å². The van der Waals surface area contributed by atoms with Crippen molar-refractivity contribution in [3.05, 3.63) is 23.9 Å². The lowest BCUT2D eigenvalue weighted by Gasteiger charge is -2.03. The van der Waals surface area contributed by atoms with Crippen LogP contribution in [0.3, 0.4) is 0 Å². The Balaban J connectivity index is 2.73. The van der Waals surface area contributed by atoms with Crippen LogP contribution >= 0.6 is 0 Å². The van der Waals surface area contributed by atoms with E-state index in [1.807, 2.05) is 19.1 Å². The van der Waals surface area contributed by atoms with Gasteiger partial charge in [-0.25, -0.2) is 4.98 Å². The Morgan fingerprint density at radius 3 is 3.00 bits per heavy atom. The van der Waals surface area contributed by atoms with E-state index >= 15 is 0 Å². The third-order valence-corrected chi connectivity index (χ3v) is 1.45. The summed E-state index contributed by atoms with van der Waals surface area (Å²) in [6.45, 7) is 2.50. The topological polar surface area (TPSA) is 72.0 Å². The maximum atomic E-state index is 7.10. The van der Waals surface area contributed by atoms with Gasteiger partial charge in [0.15, 0.2) is 0 Å². The lowest BCUT2D eigenvalue weighted by Crippen LogP contribution is -2.13. The van der Waals surface area contributed by atoms with Gasteiger partial charge in [-0.1, -0.05) is 6.07 Å². The number of hydrogen-bond acceptors (Lipinski definition) is 3. The van der Waals surface area contributed by atoms with Crippen molar-refractivity contribution in [3.8, 4) is 5.88 Å². The molecule has 0 atom stereocenters. The van der Waals surface area contributed by atoms with Gasteiger partial charge in [-0.2, -0.15) is 0 Å². The zero-order valence-corrected chi connectivity index (χ0v) is 7.58. The Morgan fingerprint density at radius 1 is 1.62 bits per heavy atom. The summed E-state index contributed by atoms with van der Waals surface area (Å²) in [5, 5.41) is 7.10. The number of ether oxygens (including phenoxy) is 1. The molecule has 1 rings (SSSR count). The molecule has 0 fully saturated rings. The first kappa shape index (κ1) is 9.51. The van der Waals surface area contributed by atoms with Gasteiger partial charge in [-0.05, 0) is 13.0 Å².